The Kier molecular flexibility index (Phi) is 6.86. The molecule has 0 fully saturated rings. The molecule has 0 saturated heterocycles. The van der Waals surface area contributed by atoms with Gasteiger partial charge in [-0.05, 0) is 35.4 Å². The summed E-state index contributed by atoms with van der Waals surface area (Å²) in [6, 6.07) is 12.5. The van der Waals surface area contributed by atoms with Crippen molar-refractivity contribution in [3.8, 4) is 11.1 Å². The molecule has 0 bridgehead atoms. The van der Waals surface area contributed by atoms with Crippen LogP contribution in [0.1, 0.15) is 26.4 Å². The van der Waals surface area contributed by atoms with Gasteiger partial charge in [0.05, 0.1) is 18.4 Å². The van der Waals surface area contributed by atoms with Gasteiger partial charge in [-0.25, -0.2) is 0 Å². The molecule has 0 radical (unpaired) electrons. The predicted octanol–water partition coefficient (Wildman–Crippen LogP) is 3.87. The number of aryl methyl sites for hydroxylation is 1. The summed E-state index contributed by atoms with van der Waals surface area (Å²) in [6.45, 7) is -0.303. The molecule has 3 aromatic rings. The van der Waals surface area contributed by atoms with Crippen LogP contribution in [0.15, 0.2) is 60.8 Å². The molecule has 0 aliphatic rings. The van der Waals surface area contributed by atoms with Gasteiger partial charge in [0, 0.05) is 18.8 Å². The van der Waals surface area contributed by atoms with Gasteiger partial charge in [-0.15, -0.1) is 0 Å². The van der Waals surface area contributed by atoms with Gasteiger partial charge in [0.25, 0.3) is 11.8 Å². The van der Waals surface area contributed by atoms with Crippen molar-refractivity contribution in [2.24, 2.45) is 7.05 Å². The summed E-state index contributed by atoms with van der Waals surface area (Å²) in [5, 5.41) is 5.09. The highest BCUT2D eigenvalue weighted by Gasteiger charge is 2.30. The topological polar surface area (TPSA) is 89.4 Å². The molecule has 7 nitrogen and oxygen atoms in total. The summed E-state index contributed by atoms with van der Waals surface area (Å²) in [5.41, 5.74) is 0.895. The summed E-state index contributed by atoms with van der Waals surface area (Å²) in [7, 11) is 2.80. The molecule has 0 unspecified atom stereocenters. The first-order chi connectivity index (χ1) is 15.6. The predicted molar refractivity (Wildman–Crippen MR) is 115 cm³/mol. The number of carbonyl (C=O) groups is 3. The van der Waals surface area contributed by atoms with Crippen LogP contribution in [0, 0.1) is 0 Å². The van der Waals surface area contributed by atoms with Gasteiger partial charge >= 0.3 is 12.1 Å². The van der Waals surface area contributed by atoms with E-state index in [1.807, 2.05) is 0 Å². The fourth-order valence-electron chi connectivity index (χ4n) is 3.14. The summed E-state index contributed by atoms with van der Waals surface area (Å²) in [4.78, 5) is 36.4. The number of amides is 2. The second-order valence-corrected chi connectivity index (χ2v) is 7.06. The number of rotatable bonds is 6. The standard InChI is InChI=1S/C23H20F3N3O4/c1-29-13-16(11-19(29)22(32)27-12-20(30)33-2)28-21(31)18-6-4-3-5-17(18)14-7-9-15(10-8-14)23(24,25)26/h3-11,13H,12H2,1-2H3,(H,27,32)(H,28,31). The number of carbonyl (C=O) groups excluding carboxylic acids is 3. The number of methoxy groups -OCH3 is 1. The molecule has 0 aliphatic heterocycles. The zero-order valence-electron chi connectivity index (χ0n) is 17.7. The number of alkyl halides is 3. The van der Waals surface area contributed by atoms with E-state index in [9.17, 15) is 27.6 Å². The summed E-state index contributed by atoms with van der Waals surface area (Å²) in [5.74, 6) is -1.64. The number of anilines is 1. The molecular formula is C23H20F3N3O4. The van der Waals surface area contributed by atoms with Crippen molar-refractivity contribution < 1.29 is 32.3 Å². The van der Waals surface area contributed by atoms with Gasteiger partial charge in [-0.2, -0.15) is 13.2 Å². The minimum Gasteiger partial charge on any atom is -0.468 e. The quantitative estimate of drug-likeness (QED) is 0.548. The molecule has 2 amide bonds. The average molecular weight is 459 g/mol. The van der Waals surface area contributed by atoms with Crippen LogP contribution in [-0.2, 0) is 22.8 Å². The van der Waals surface area contributed by atoms with E-state index in [0.717, 1.165) is 12.1 Å². The van der Waals surface area contributed by atoms with Crippen molar-refractivity contribution in [2.75, 3.05) is 19.0 Å². The Bertz CT molecular complexity index is 1180. The molecular weight excluding hydrogens is 439 g/mol. The first-order valence-electron chi connectivity index (χ1n) is 9.69. The van der Waals surface area contributed by atoms with Crippen LogP contribution in [0.2, 0.25) is 0 Å². The SMILES string of the molecule is COC(=O)CNC(=O)c1cc(NC(=O)c2ccccc2-c2ccc(C(F)(F)F)cc2)cn1C. The van der Waals surface area contributed by atoms with Crippen LogP contribution in [-0.4, -0.2) is 36.0 Å². The van der Waals surface area contributed by atoms with E-state index in [0.29, 0.717) is 16.8 Å². The zero-order valence-corrected chi connectivity index (χ0v) is 17.7. The van der Waals surface area contributed by atoms with Crippen molar-refractivity contribution >= 4 is 23.5 Å². The highest BCUT2D eigenvalue weighted by molar-refractivity contribution is 6.09. The van der Waals surface area contributed by atoms with E-state index in [-0.39, 0.29) is 17.8 Å². The van der Waals surface area contributed by atoms with E-state index in [2.05, 4.69) is 15.4 Å². The van der Waals surface area contributed by atoms with Crippen LogP contribution in [0.5, 0.6) is 0 Å². The maximum atomic E-state index is 12.9. The Hall–Kier alpha value is -4.08. The fourth-order valence-corrected chi connectivity index (χ4v) is 3.14. The second-order valence-electron chi connectivity index (χ2n) is 7.06. The number of esters is 1. The third-order valence-corrected chi connectivity index (χ3v) is 4.81. The molecule has 0 atom stereocenters. The highest BCUT2D eigenvalue weighted by atomic mass is 19.4. The van der Waals surface area contributed by atoms with Crippen molar-refractivity contribution in [3.63, 3.8) is 0 Å². The molecule has 172 valence electrons. The maximum absolute atomic E-state index is 12.9. The fraction of sp³-hybridized carbons (Fsp3) is 0.174. The minimum absolute atomic E-state index is 0.199. The largest absolute Gasteiger partial charge is 0.468 e. The number of hydrogen-bond donors (Lipinski definition) is 2. The summed E-state index contributed by atoms with van der Waals surface area (Å²) < 4.78 is 44.5. The van der Waals surface area contributed by atoms with Crippen molar-refractivity contribution in [1.29, 1.82) is 0 Å². The maximum Gasteiger partial charge on any atom is 0.416 e. The second kappa shape index (κ2) is 9.60. The Morgan fingerprint density at radius 3 is 2.30 bits per heavy atom. The number of benzene rings is 2. The van der Waals surface area contributed by atoms with Crippen LogP contribution >= 0.6 is 0 Å². The van der Waals surface area contributed by atoms with E-state index in [1.165, 1.54) is 36.1 Å². The molecule has 33 heavy (non-hydrogen) atoms. The lowest BCUT2D eigenvalue weighted by Crippen LogP contribution is -2.31. The van der Waals surface area contributed by atoms with Crippen LogP contribution in [0.3, 0.4) is 0 Å². The molecule has 2 N–H and O–H groups in total. The summed E-state index contributed by atoms with van der Waals surface area (Å²) in [6.07, 6.45) is -2.94. The Labute approximate surface area is 187 Å². The Balaban J connectivity index is 1.80. The van der Waals surface area contributed by atoms with Gasteiger partial charge in [0.15, 0.2) is 0 Å². The third kappa shape index (κ3) is 5.59. The van der Waals surface area contributed by atoms with Gasteiger partial charge in [-0.1, -0.05) is 30.3 Å². The van der Waals surface area contributed by atoms with Crippen molar-refractivity contribution in [3.05, 3.63) is 77.6 Å². The first kappa shape index (κ1) is 23.6. The van der Waals surface area contributed by atoms with Crippen LogP contribution in [0.4, 0.5) is 18.9 Å². The Morgan fingerprint density at radius 2 is 1.67 bits per heavy atom. The third-order valence-electron chi connectivity index (χ3n) is 4.81. The minimum atomic E-state index is -4.45. The lowest BCUT2D eigenvalue weighted by Gasteiger charge is -2.11. The normalized spacial score (nSPS) is 11.1. The van der Waals surface area contributed by atoms with E-state index >= 15 is 0 Å². The molecule has 1 heterocycles. The zero-order chi connectivity index (χ0) is 24.2. The van der Waals surface area contributed by atoms with Crippen molar-refractivity contribution in [1.82, 2.24) is 9.88 Å². The van der Waals surface area contributed by atoms with E-state index < -0.39 is 29.5 Å². The van der Waals surface area contributed by atoms with Crippen molar-refractivity contribution in [2.45, 2.75) is 6.18 Å². The molecule has 3 rings (SSSR count). The molecule has 10 heteroatoms. The number of halogens is 3. The van der Waals surface area contributed by atoms with Gasteiger partial charge in [-0.3, -0.25) is 14.4 Å². The first-order valence-corrected chi connectivity index (χ1v) is 9.69. The molecule has 2 aromatic carbocycles. The van der Waals surface area contributed by atoms with Crippen LogP contribution in [0.25, 0.3) is 11.1 Å². The number of hydrogen-bond acceptors (Lipinski definition) is 4. The highest BCUT2D eigenvalue weighted by Crippen LogP contribution is 2.32. The Morgan fingerprint density at radius 1 is 1.00 bits per heavy atom. The lowest BCUT2D eigenvalue weighted by molar-refractivity contribution is -0.139. The lowest BCUT2D eigenvalue weighted by atomic mass is 9.98. The number of aromatic nitrogens is 1. The molecule has 0 aliphatic carbocycles. The number of ether oxygens (including phenoxy) is 1. The van der Waals surface area contributed by atoms with Gasteiger partial charge in [0.1, 0.15) is 12.2 Å². The van der Waals surface area contributed by atoms with E-state index in [1.54, 1.807) is 31.3 Å². The molecule has 0 spiro atoms. The smallest absolute Gasteiger partial charge is 0.416 e. The summed E-state index contributed by atoms with van der Waals surface area (Å²) >= 11 is 0. The van der Waals surface area contributed by atoms with Crippen LogP contribution < -0.4 is 10.6 Å². The monoisotopic (exact) mass is 459 g/mol. The number of nitrogens with zero attached hydrogens (tertiary/aromatic N) is 1. The molecule has 1 aromatic heterocycles. The van der Waals surface area contributed by atoms with Gasteiger partial charge < -0.3 is 19.9 Å². The number of nitrogens with one attached hydrogen (secondary N) is 2. The molecule has 0 saturated carbocycles. The van der Waals surface area contributed by atoms with Gasteiger partial charge in [0.2, 0.25) is 0 Å². The van der Waals surface area contributed by atoms with E-state index in [4.69, 9.17) is 0 Å². The average Bonchev–Trinajstić information content (AvgIpc) is 3.16.